The number of thiazole rings is 1. The van der Waals surface area contributed by atoms with Crippen LogP contribution in [0.5, 0.6) is 0 Å². The molecule has 4 heteroatoms. The molecule has 1 unspecified atom stereocenters. The minimum atomic E-state index is 0.521. The van der Waals surface area contributed by atoms with Gasteiger partial charge >= 0.3 is 0 Å². The van der Waals surface area contributed by atoms with Crippen molar-refractivity contribution in [3.8, 4) is 0 Å². The zero-order valence-corrected chi connectivity index (χ0v) is 12.4. The molecule has 0 radical (unpaired) electrons. The second kappa shape index (κ2) is 7.22. The van der Waals surface area contributed by atoms with Gasteiger partial charge in [-0.2, -0.15) is 0 Å². The molecule has 3 nitrogen and oxygen atoms in total. The van der Waals surface area contributed by atoms with Crippen LogP contribution in [-0.4, -0.2) is 36.1 Å². The molecular weight excluding hydrogens is 242 g/mol. The zero-order chi connectivity index (χ0) is 12.8. The van der Waals surface area contributed by atoms with Gasteiger partial charge < -0.3 is 5.32 Å². The lowest BCUT2D eigenvalue weighted by Gasteiger charge is -2.33. The van der Waals surface area contributed by atoms with Crippen LogP contribution in [0.3, 0.4) is 0 Å². The number of nitrogens with one attached hydrogen (secondary N) is 1. The number of hydrogen-bond acceptors (Lipinski definition) is 4. The summed E-state index contributed by atoms with van der Waals surface area (Å²) in [5, 5.41) is 3.45. The van der Waals surface area contributed by atoms with E-state index in [2.05, 4.69) is 29.0 Å². The smallest absolute Gasteiger partial charge is 0.0794 e. The van der Waals surface area contributed by atoms with Gasteiger partial charge in [-0.3, -0.25) is 9.88 Å². The van der Waals surface area contributed by atoms with Crippen LogP contribution in [0, 0.1) is 5.92 Å². The van der Waals surface area contributed by atoms with Crippen LogP contribution in [0.15, 0.2) is 11.7 Å². The molecule has 1 aromatic rings. The SMILES string of the molecule is CCCN(CC1CCNCC1)C(C)c1cncs1. The monoisotopic (exact) mass is 267 g/mol. The fourth-order valence-electron chi connectivity index (χ4n) is 2.74. The van der Waals surface area contributed by atoms with E-state index >= 15 is 0 Å². The summed E-state index contributed by atoms with van der Waals surface area (Å²) in [4.78, 5) is 8.26. The van der Waals surface area contributed by atoms with Gasteiger partial charge in [-0.05, 0) is 51.7 Å². The van der Waals surface area contributed by atoms with Crippen LogP contribution in [-0.2, 0) is 0 Å². The molecule has 1 aromatic heterocycles. The van der Waals surface area contributed by atoms with E-state index < -0.39 is 0 Å². The van der Waals surface area contributed by atoms with Crippen molar-refractivity contribution < 1.29 is 0 Å². The van der Waals surface area contributed by atoms with E-state index in [0.717, 1.165) is 5.92 Å². The van der Waals surface area contributed by atoms with Gasteiger partial charge in [0.2, 0.25) is 0 Å². The van der Waals surface area contributed by atoms with E-state index in [0.29, 0.717) is 6.04 Å². The predicted octanol–water partition coefficient (Wildman–Crippen LogP) is 2.92. The van der Waals surface area contributed by atoms with Crippen molar-refractivity contribution in [2.75, 3.05) is 26.2 Å². The molecule has 2 rings (SSSR count). The summed E-state index contributed by atoms with van der Waals surface area (Å²) < 4.78 is 0. The second-order valence-corrected chi connectivity index (χ2v) is 6.19. The Labute approximate surface area is 115 Å². The van der Waals surface area contributed by atoms with E-state index in [-0.39, 0.29) is 0 Å². The summed E-state index contributed by atoms with van der Waals surface area (Å²) in [7, 11) is 0. The summed E-state index contributed by atoms with van der Waals surface area (Å²) in [6.07, 6.45) is 5.92. The molecule has 0 amide bonds. The van der Waals surface area contributed by atoms with Crippen molar-refractivity contribution in [3.63, 3.8) is 0 Å². The van der Waals surface area contributed by atoms with Gasteiger partial charge in [0.15, 0.2) is 0 Å². The van der Waals surface area contributed by atoms with Crippen LogP contribution in [0.4, 0.5) is 0 Å². The Morgan fingerprint density at radius 3 is 2.89 bits per heavy atom. The Morgan fingerprint density at radius 1 is 1.50 bits per heavy atom. The van der Waals surface area contributed by atoms with Gasteiger partial charge in [-0.1, -0.05) is 6.92 Å². The molecule has 1 saturated heterocycles. The lowest BCUT2D eigenvalue weighted by molar-refractivity contribution is 0.163. The molecule has 1 aliphatic rings. The van der Waals surface area contributed by atoms with Crippen molar-refractivity contribution in [2.24, 2.45) is 5.92 Å². The summed E-state index contributed by atoms with van der Waals surface area (Å²) in [5.41, 5.74) is 1.94. The van der Waals surface area contributed by atoms with Crippen LogP contribution in [0.25, 0.3) is 0 Å². The lowest BCUT2D eigenvalue weighted by atomic mass is 9.97. The summed E-state index contributed by atoms with van der Waals surface area (Å²) >= 11 is 1.78. The third kappa shape index (κ3) is 3.77. The highest BCUT2D eigenvalue weighted by molar-refractivity contribution is 7.09. The van der Waals surface area contributed by atoms with Gasteiger partial charge in [0, 0.05) is 23.7 Å². The number of piperidine rings is 1. The molecule has 18 heavy (non-hydrogen) atoms. The van der Waals surface area contributed by atoms with E-state index in [1.165, 1.54) is 50.3 Å². The van der Waals surface area contributed by atoms with E-state index in [1.54, 1.807) is 11.3 Å². The normalized spacial score (nSPS) is 19.3. The van der Waals surface area contributed by atoms with Gasteiger partial charge in [-0.25, -0.2) is 0 Å². The molecule has 1 fully saturated rings. The Kier molecular flexibility index (Phi) is 5.60. The summed E-state index contributed by atoms with van der Waals surface area (Å²) in [5.74, 6) is 0.869. The minimum Gasteiger partial charge on any atom is -0.317 e. The maximum absolute atomic E-state index is 4.21. The van der Waals surface area contributed by atoms with Crippen molar-refractivity contribution in [1.82, 2.24) is 15.2 Å². The van der Waals surface area contributed by atoms with Crippen molar-refractivity contribution >= 4 is 11.3 Å². The van der Waals surface area contributed by atoms with Crippen LogP contribution >= 0.6 is 11.3 Å². The lowest BCUT2D eigenvalue weighted by Crippen LogP contribution is -2.37. The first-order valence-electron chi connectivity index (χ1n) is 7.14. The first-order chi connectivity index (χ1) is 8.81. The van der Waals surface area contributed by atoms with Crippen molar-refractivity contribution in [2.45, 2.75) is 39.2 Å². The number of aromatic nitrogens is 1. The van der Waals surface area contributed by atoms with Crippen molar-refractivity contribution in [1.29, 1.82) is 0 Å². The predicted molar refractivity (Wildman–Crippen MR) is 78.0 cm³/mol. The van der Waals surface area contributed by atoms with Crippen molar-refractivity contribution in [3.05, 3.63) is 16.6 Å². The molecule has 1 N–H and O–H groups in total. The minimum absolute atomic E-state index is 0.521. The Morgan fingerprint density at radius 2 is 2.28 bits per heavy atom. The summed E-state index contributed by atoms with van der Waals surface area (Å²) in [6.45, 7) is 9.43. The van der Waals surface area contributed by atoms with Crippen LogP contribution in [0.1, 0.15) is 44.0 Å². The standard InChI is InChI=1S/C14H25N3S/c1-3-8-17(10-13-4-6-15-7-5-13)12(2)14-9-16-11-18-14/h9,11-13,15H,3-8,10H2,1-2H3. The molecule has 1 atom stereocenters. The summed E-state index contributed by atoms with van der Waals surface area (Å²) in [6, 6.07) is 0.521. The van der Waals surface area contributed by atoms with E-state index in [9.17, 15) is 0 Å². The van der Waals surface area contributed by atoms with E-state index in [4.69, 9.17) is 0 Å². The van der Waals surface area contributed by atoms with Crippen LogP contribution < -0.4 is 5.32 Å². The zero-order valence-electron chi connectivity index (χ0n) is 11.6. The Bertz CT molecular complexity index is 320. The Balaban J connectivity index is 1.93. The highest BCUT2D eigenvalue weighted by Gasteiger charge is 2.21. The first-order valence-corrected chi connectivity index (χ1v) is 8.02. The molecule has 0 bridgehead atoms. The average Bonchev–Trinajstić information content (AvgIpc) is 2.92. The van der Waals surface area contributed by atoms with E-state index in [1.807, 2.05) is 11.7 Å². The number of hydrogen-bond donors (Lipinski definition) is 1. The quantitative estimate of drug-likeness (QED) is 0.859. The van der Waals surface area contributed by atoms with Gasteiger partial charge in [-0.15, -0.1) is 11.3 Å². The highest BCUT2D eigenvalue weighted by Crippen LogP contribution is 2.26. The fraction of sp³-hybridized carbons (Fsp3) is 0.786. The topological polar surface area (TPSA) is 28.2 Å². The number of nitrogens with zero attached hydrogens (tertiary/aromatic N) is 2. The molecule has 0 spiro atoms. The van der Waals surface area contributed by atoms with Gasteiger partial charge in [0.1, 0.15) is 0 Å². The molecule has 102 valence electrons. The molecule has 0 aromatic carbocycles. The molecule has 2 heterocycles. The van der Waals surface area contributed by atoms with Gasteiger partial charge in [0.25, 0.3) is 0 Å². The van der Waals surface area contributed by atoms with Crippen LogP contribution in [0.2, 0.25) is 0 Å². The number of rotatable bonds is 6. The molecule has 1 aliphatic heterocycles. The highest BCUT2D eigenvalue weighted by atomic mass is 32.1. The fourth-order valence-corrected chi connectivity index (χ4v) is 3.45. The maximum Gasteiger partial charge on any atom is 0.0794 e. The largest absolute Gasteiger partial charge is 0.317 e. The third-order valence-electron chi connectivity index (χ3n) is 3.87. The maximum atomic E-state index is 4.21. The first kappa shape index (κ1) is 14.0. The molecular formula is C14H25N3S. The van der Waals surface area contributed by atoms with Gasteiger partial charge in [0.05, 0.1) is 5.51 Å². The second-order valence-electron chi connectivity index (χ2n) is 5.27. The molecule has 0 aliphatic carbocycles. The third-order valence-corrected chi connectivity index (χ3v) is 4.82. The molecule has 0 saturated carbocycles. The Hall–Kier alpha value is -0.450. The average molecular weight is 267 g/mol.